The number of nitro benzene ring substituents is 1. The van der Waals surface area contributed by atoms with E-state index in [1.165, 1.54) is 11.9 Å². The number of nitrogens with zero attached hydrogens (tertiary/aromatic N) is 2. The molecule has 104 valence electrons. The molecule has 0 aliphatic carbocycles. The van der Waals surface area contributed by atoms with Crippen LogP contribution in [0.4, 0.5) is 15.8 Å². The van der Waals surface area contributed by atoms with Gasteiger partial charge in [0.1, 0.15) is 11.5 Å². The molecular weight excluding hydrogens is 259 g/mol. The molecule has 1 aromatic rings. The van der Waals surface area contributed by atoms with Crippen molar-refractivity contribution < 1.29 is 24.3 Å². The number of aliphatic hydroxyl groups excluding tert-OH is 1. The lowest BCUT2D eigenvalue weighted by Gasteiger charge is -2.19. The molecule has 0 saturated heterocycles. The van der Waals surface area contributed by atoms with E-state index in [1.54, 1.807) is 0 Å². The maximum atomic E-state index is 13.4. The number of halogens is 1. The average Bonchev–Trinajstić information content (AvgIpc) is 2.34. The molecule has 7 nitrogen and oxygen atoms in total. The van der Waals surface area contributed by atoms with Crippen LogP contribution in [0.5, 0.6) is 0 Å². The van der Waals surface area contributed by atoms with Gasteiger partial charge in [0.05, 0.1) is 16.6 Å². The molecule has 0 saturated carbocycles. The third-order valence-corrected chi connectivity index (χ3v) is 2.55. The van der Waals surface area contributed by atoms with Crippen molar-refractivity contribution in [1.82, 2.24) is 0 Å². The standard InChI is InChI=1S/C11H13FN2O5/c1-13(3-2-4-15)9-5-7(11(16)17)8(12)6-10(9)14(18)19/h5-6,15H,2-4H2,1H3,(H,16,17). The van der Waals surface area contributed by atoms with Crippen molar-refractivity contribution in [3.05, 3.63) is 33.6 Å². The Morgan fingerprint density at radius 3 is 2.63 bits per heavy atom. The summed E-state index contributed by atoms with van der Waals surface area (Å²) in [5.74, 6) is -2.65. The van der Waals surface area contributed by atoms with E-state index in [0.717, 1.165) is 6.07 Å². The Bertz CT molecular complexity index is 506. The molecule has 0 heterocycles. The van der Waals surface area contributed by atoms with Crippen molar-refractivity contribution in [3.63, 3.8) is 0 Å². The first-order chi connectivity index (χ1) is 8.88. The highest BCUT2D eigenvalue weighted by Crippen LogP contribution is 2.30. The van der Waals surface area contributed by atoms with Gasteiger partial charge in [-0.05, 0) is 12.5 Å². The van der Waals surface area contributed by atoms with Crippen LogP contribution in [0.2, 0.25) is 0 Å². The second kappa shape index (κ2) is 6.10. The van der Waals surface area contributed by atoms with Gasteiger partial charge in [-0.2, -0.15) is 0 Å². The Hall–Kier alpha value is -2.22. The van der Waals surface area contributed by atoms with Crippen LogP contribution >= 0.6 is 0 Å². The van der Waals surface area contributed by atoms with Gasteiger partial charge in [-0.1, -0.05) is 0 Å². The number of carboxylic acid groups (broad SMARTS) is 1. The average molecular weight is 272 g/mol. The molecule has 0 spiro atoms. The zero-order chi connectivity index (χ0) is 14.6. The third kappa shape index (κ3) is 3.38. The van der Waals surface area contributed by atoms with Gasteiger partial charge in [0.25, 0.3) is 5.69 Å². The van der Waals surface area contributed by atoms with Gasteiger partial charge in [-0.15, -0.1) is 0 Å². The van der Waals surface area contributed by atoms with Crippen LogP contribution in [0.3, 0.4) is 0 Å². The fraction of sp³-hybridized carbons (Fsp3) is 0.364. The molecule has 0 fully saturated rings. The summed E-state index contributed by atoms with van der Waals surface area (Å²) in [7, 11) is 1.50. The van der Waals surface area contributed by atoms with Crippen LogP contribution in [0.25, 0.3) is 0 Å². The number of benzene rings is 1. The first-order valence-corrected chi connectivity index (χ1v) is 5.41. The summed E-state index contributed by atoms with van der Waals surface area (Å²) < 4.78 is 13.4. The molecule has 0 aliphatic rings. The number of hydrogen-bond acceptors (Lipinski definition) is 5. The molecule has 1 rings (SSSR count). The number of aliphatic hydroxyl groups is 1. The van der Waals surface area contributed by atoms with E-state index in [1.807, 2.05) is 0 Å². The molecule has 0 aromatic heterocycles. The Balaban J connectivity index is 3.28. The molecule has 0 amide bonds. The maximum Gasteiger partial charge on any atom is 0.338 e. The lowest BCUT2D eigenvalue weighted by molar-refractivity contribution is -0.384. The highest BCUT2D eigenvalue weighted by molar-refractivity contribution is 5.90. The Morgan fingerprint density at radius 2 is 2.16 bits per heavy atom. The Labute approximate surface area is 108 Å². The molecule has 0 bridgehead atoms. The van der Waals surface area contributed by atoms with E-state index < -0.39 is 28.0 Å². The lowest BCUT2D eigenvalue weighted by atomic mass is 10.1. The topological polar surface area (TPSA) is 104 Å². The minimum absolute atomic E-state index is 0.00255. The largest absolute Gasteiger partial charge is 0.478 e. The first kappa shape index (κ1) is 14.8. The van der Waals surface area contributed by atoms with Gasteiger partial charge >= 0.3 is 5.97 Å². The highest BCUT2D eigenvalue weighted by Gasteiger charge is 2.23. The van der Waals surface area contributed by atoms with E-state index in [0.29, 0.717) is 12.5 Å². The van der Waals surface area contributed by atoms with Gasteiger partial charge in [-0.25, -0.2) is 9.18 Å². The fourth-order valence-corrected chi connectivity index (χ4v) is 1.60. The Morgan fingerprint density at radius 1 is 1.53 bits per heavy atom. The van der Waals surface area contributed by atoms with Gasteiger partial charge in [0, 0.05) is 20.2 Å². The number of rotatable bonds is 6. The van der Waals surface area contributed by atoms with Crippen molar-refractivity contribution in [2.24, 2.45) is 0 Å². The molecule has 0 radical (unpaired) electrons. The van der Waals surface area contributed by atoms with E-state index in [9.17, 15) is 19.3 Å². The monoisotopic (exact) mass is 272 g/mol. The van der Waals surface area contributed by atoms with Crippen molar-refractivity contribution in [1.29, 1.82) is 0 Å². The van der Waals surface area contributed by atoms with Crippen molar-refractivity contribution >= 4 is 17.3 Å². The minimum Gasteiger partial charge on any atom is -0.478 e. The smallest absolute Gasteiger partial charge is 0.338 e. The normalized spacial score (nSPS) is 10.3. The summed E-state index contributed by atoms with van der Waals surface area (Å²) in [5, 5.41) is 28.4. The molecule has 0 unspecified atom stereocenters. The minimum atomic E-state index is -1.50. The van der Waals surface area contributed by atoms with Crippen LogP contribution in [0, 0.1) is 15.9 Å². The zero-order valence-electron chi connectivity index (χ0n) is 10.2. The van der Waals surface area contributed by atoms with Gasteiger partial charge in [-0.3, -0.25) is 10.1 Å². The number of carboxylic acids is 1. The predicted molar refractivity (Wildman–Crippen MR) is 65.0 cm³/mol. The highest BCUT2D eigenvalue weighted by atomic mass is 19.1. The second-order valence-electron chi connectivity index (χ2n) is 3.88. The summed E-state index contributed by atoms with van der Waals surface area (Å²) in [6.45, 7) is 0.174. The van der Waals surface area contributed by atoms with Crippen LogP contribution in [-0.2, 0) is 0 Å². The maximum absolute atomic E-state index is 13.4. The number of anilines is 1. The first-order valence-electron chi connectivity index (χ1n) is 5.41. The molecule has 8 heteroatoms. The zero-order valence-corrected chi connectivity index (χ0v) is 10.2. The summed E-state index contributed by atoms with van der Waals surface area (Å²) in [5.41, 5.74) is -1.14. The van der Waals surface area contributed by atoms with Gasteiger partial charge in [0.15, 0.2) is 0 Å². The van der Waals surface area contributed by atoms with E-state index in [-0.39, 0.29) is 18.8 Å². The quantitative estimate of drug-likeness (QED) is 0.596. The summed E-state index contributed by atoms with van der Waals surface area (Å²) in [6, 6.07) is 1.52. The number of nitro groups is 1. The van der Waals surface area contributed by atoms with Gasteiger partial charge < -0.3 is 15.1 Å². The van der Waals surface area contributed by atoms with E-state index in [4.69, 9.17) is 10.2 Å². The van der Waals surface area contributed by atoms with Crippen molar-refractivity contribution in [2.45, 2.75) is 6.42 Å². The van der Waals surface area contributed by atoms with Gasteiger partial charge in [0.2, 0.25) is 0 Å². The van der Waals surface area contributed by atoms with Crippen LogP contribution in [0.1, 0.15) is 16.8 Å². The predicted octanol–water partition coefficient (Wildman–Crippen LogP) is 1.25. The summed E-state index contributed by atoms with van der Waals surface area (Å²) in [4.78, 5) is 22.3. The lowest BCUT2D eigenvalue weighted by Crippen LogP contribution is -2.21. The molecule has 2 N–H and O–H groups in total. The van der Waals surface area contributed by atoms with E-state index in [2.05, 4.69) is 0 Å². The number of carbonyl (C=O) groups is 1. The molecular formula is C11H13FN2O5. The third-order valence-electron chi connectivity index (χ3n) is 2.55. The number of hydrogen-bond donors (Lipinski definition) is 2. The molecule has 0 aliphatic heterocycles. The summed E-state index contributed by atoms with van der Waals surface area (Å²) >= 11 is 0. The number of aromatic carboxylic acids is 1. The van der Waals surface area contributed by atoms with Crippen molar-refractivity contribution in [2.75, 3.05) is 25.1 Å². The van der Waals surface area contributed by atoms with Crippen LogP contribution < -0.4 is 4.90 Å². The molecule has 1 aromatic carbocycles. The fourth-order valence-electron chi connectivity index (χ4n) is 1.60. The SMILES string of the molecule is CN(CCCO)c1cc(C(=O)O)c(F)cc1[N+](=O)[O-]. The second-order valence-corrected chi connectivity index (χ2v) is 3.88. The van der Waals surface area contributed by atoms with Crippen molar-refractivity contribution in [3.8, 4) is 0 Å². The van der Waals surface area contributed by atoms with E-state index >= 15 is 0 Å². The summed E-state index contributed by atoms with van der Waals surface area (Å²) in [6.07, 6.45) is 0.355. The van der Waals surface area contributed by atoms with Crippen LogP contribution in [0.15, 0.2) is 12.1 Å². The van der Waals surface area contributed by atoms with Crippen LogP contribution in [-0.4, -0.2) is 41.3 Å². The Kier molecular flexibility index (Phi) is 4.76. The molecule has 19 heavy (non-hydrogen) atoms. The molecule has 0 atom stereocenters.